The summed E-state index contributed by atoms with van der Waals surface area (Å²) in [6.07, 6.45) is 2.97. The molecule has 0 aliphatic heterocycles. The molecule has 0 atom stereocenters. The minimum absolute atomic E-state index is 0.0808. The van der Waals surface area contributed by atoms with Crippen molar-refractivity contribution in [3.05, 3.63) is 36.7 Å². The Morgan fingerprint density at radius 3 is 2.59 bits per heavy atom. The van der Waals surface area contributed by atoms with Crippen molar-refractivity contribution < 1.29 is 19.4 Å². The van der Waals surface area contributed by atoms with Gasteiger partial charge in [0.15, 0.2) is 0 Å². The Bertz CT molecular complexity index is 819. The average molecular weight is 370 g/mol. The predicted molar refractivity (Wildman–Crippen MR) is 99.6 cm³/mol. The average Bonchev–Trinajstić information content (AvgIpc) is 2.68. The van der Waals surface area contributed by atoms with Crippen molar-refractivity contribution in [2.75, 3.05) is 12.4 Å². The number of aromatic nitrogens is 2. The second-order valence-corrected chi connectivity index (χ2v) is 6.48. The first-order chi connectivity index (χ1) is 13.1. The molecule has 2 amide bonds. The van der Waals surface area contributed by atoms with Gasteiger partial charge in [0, 0.05) is 23.6 Å². The second kappa shape index (κ2) is 8.48. The van der Waals surface area contributed by atoms with Crippen LogP contribution in [0.15, 0.2) is 36.7 Å². The van der Waals surface area contributed by atoms with Crippen molar-refractivity contribution in [2.24, 2.45) is 5.92 Å². The molecule has 3 rings (SSSR count). The molecule has 2 aromatic rings. The zero-order valence-electron chi connectivity index (χ0n) is 15.0. The number of hydrogen-bond acceptors (Lipinski definition) is 5. The summed E-state index contributed by atoms with van der Waals surface area (Å²) in [6.45, 7) is 0. The van der Waals surface area contributed by atoms with Crippen LogP contribution < -0.4 is 15.4 Å². The van der Waals surface area contributed by atoms with Crippen LogP contribution in [-0.2, 0) is 4.79 Å². The Morgan fingerprint density at radius 2 is 1.89 bits per heavy atom. The van der Waals surface area contributed by atoms with E-state index >= 15 is 0 Å². The van der Waals surface area contributed by atoms with E-state index in [0.29, 0.717) is 42.9 Å². The normalized spacial score (nSPS) is 19.1. The minimum atomic E-state index is -1.02. The van der Waals surface area contributed by atoms with E-state index in [0.717, 1.165) is 5.56 Å². The number of carbonyl (C=O) groups is 2. The van der Waals surface area contributed by atoms with Crippen LogP contribution in [0.3, 0.4) is 0 Å². The molecule has 1 aromatic heterocycles. The molecule has 1 aromatic carbocycles. The number of benzene rings is 1. The van der Waals surface area contributed by atoms with Crippen molar-refractivity contribution in [3.63, 3.8) is 0 Å². The fourth-order valence-electron chi connectivity index (χ4n) is 3.33. The highest BCUT2D eigenvalue weighted by atomic mass is 16.5. The highest BCUT2D eigenvalue weighted by Crippen LogP contribution is 2.29. The number of para-hydroxylation sites is 1. The van der Waals surface area contributed by atoms with Gasteiger partial charge < -0.3 is 20.5 Å². The predicted octanol–water partition coefficient (Wildman–Crippen LogP) is 2.92. The summed E-state index contributed by atoms with van der Waals surface area (Å²) in [5, 5.41) is 14.1. The molecule has 1 fully saturated rings. The van der Waals surface area contributed by atoms with E-state index in [2.05, 4.69) is 20.6 Å². The third-order valence-electron chi connectivity index (χ3n) is 4.73. The Kier molecular flexibility index (Phi) is 5.85. The second-order valence-electron chi connectivity index (χ2n) is 6.48. The Morgan fingerprint density at radius 1 is 1.15 bits per heavy atom. The van der Waals surface area contributed by atoms with Crippen LogP contribution in [0.4, 0.5) is 10.6 Å². The fraction of sp³-hybridized carbons (Fsp3) is 0.368. The Balaban J connectivity index is 1.65. The van der Waals surface area contributed by atoms with Crippen molar-refractivity contribution in [2.45, 2.75) is 31.7 Å². The highest BCUT2D eigenvalue weighted by Gasteiger charge is 2.27. The van der Waals surface area contributed by atoms with E-state index in [1.807, 2.05) is 24.3 Å². The summed E-state index contributed by atoms with van der Waals surface area (Å²) in [7, 11) is 1.60. The number of anilines is 1. The Labute approximate surface area is 157 Å². The molecule has 0 saturated heterocycles. The highest BCUT2D eigenvalue weighted by molar-refractivity contribution is 5.92. The SMILES string of the molecule is COc1ccccc1-c1cc(NC(=O)C2CCC(NC(=O)O)CC2)ncn1. The van der Waals surface area contributed by atoms with Crippen LogP contribution in [0.5, 0.6) is 5.75 Å². The van der Waals surface area contributed by atoms with Gasteiger partial charge in [-0.1, -0.05) is 12.1 Å². The van der Waals surface area contributed by atoms with Gasteiger partial charge in [-0.15, -0.1) is 0 Å². The van der Waals surface area contributed by atoms with Gasteiger partial charge in [-0.2, -0.15) is 0 Å². The van der Waals surface area contributed by atoms with Gasteiger partial charge in [-0.05, 0) is 37.8 Å². The molecule has 27 heavy (non-hydrogen) atoms. The van der Waals surface area contributed by atoms with E-state index < -0.39 is 6.09 Å². The third kappa shape index (κ3) is 4.72. The van der Waals surface area contributed by atoms with Crippen LogP contribution in [0.2, 0.25) is 0 Å². The molecule has 1 saturated carbocycles. The number of methoxy groups -OCH3 is 1. The number of amides is 2. The summed E-state index contributed by atoms with van der Waals surface area (Å²) in [4.78, 5) is 31.6. The molecule has 8 heteroatoms. The largest absolute Gasteiger partial charge is 0.496 e. The summed E-state index contributed by atoms with van der Waals surface area (Å²) in [5.74, 6) is 0.870. The molecule has 0 unspecified atom stereocenters. The molecule has 8 nitrogen and oxygen atoms in total. The van der Waals surface area contributed by atoms with Gasteiger partial charge in [-0.25, -0.2) is 14.8 Å². The smallest absolute Gasteiger partial charge is 0.404 e. The number of rotatable bonds is 5. The Hall–Kier alpha value is -3.16. The number of carboxylic acid groups (broad SMARTS) is 1. The minimum Gasteiger partial charge on any atom is -0.496 e. The molecule has 3 N–H and O–H groups in total. The van der Waals surface area contributed by atoms with Gasteiger partial charge in [0.05, 0.1) is 12.8 Å². The van der Waals surface area contributed by atoms with Gasteiger partial charge in [0.25, 0.3) is 0 Å². The lowest BCUT2D eigenvalue weighted by atomic mass is 9.85. The first kappa shape index (κ1) is 18.6. The van der Waals surface area contributed by atoms with Crippen molar-refractivity contribution in [3.8, 4) is 17.0 Å². The van der Waals surface area contributed by atoms with Gasteiger partial charge in [-0.3, -0.25) is 4.79 Å². The van der Waals surface area contributed by atoms with E-state index in [1.54, 1.807) is 13.2 Å². The molecule has 1 aliphatic rings. The van der Waals surface area contributed by atoms with Crippen LogP contribution >= 0.6 is 0 Å². The first-order valence-electron chi connectivity index (χ1n) is 8.82. The van der Waals surface area contributed by atoms with Crippen LogP contribution in [0, 0.1) is 5.92 Å². The zero-order chi connectivity index (χ0) is 19.2. The molecule has 0 spiro atoms. The van der Waals surface area contributed by atoms with Crippen molar-refractivity contribution >= 4 is 17.8 Å². The number of hydrogen-bond donors (Lipinski definition) is 3. The first-order valence-corrected chi connectivity index (χ1v) is 8.82. The quantitative estimate of drug-likeness (QED) is 0.746. The lowest BCUT2D eigenvalue weighted by Gasteiger charge is -2.27. The van der Waals surface area contributed by atoms with E-state index in [9.17, 15) is 9.59 Å². The van der Waals surface area contributed by atoms with Gasteiger partial charge in [0.1, 0.15) is 17.9 Å². The topological polar surface area (TPSA) is 113 Å². The molecule has 0 radical (unpaired) electrons. The van der Waals surface area contributed by atoms with Gasteiger partial charge in [0.2, 0.25) is 5.91 Å². The maximum Gasteiger partial charge on any atom is 0.404 e. The molecule has 142 valence electrons. The summed E-state index contributed by atoms with van der Waals surface area (Å²) in [6, 6.07) is 9.14. The van der Waals surface area contributed by atoms with Crippen molar-refractivity contribution in [1.82, 2.24) is 15.3 Å². The maximum absolute atomic E-state index is 12.5. The van der Waals surface area contributed by atoms with E-state index in [4.69, 9.17) is 9.84 Å². The number of nitrogens with zero attached hydrogens (tertiary/aromatic N) is 2. The number of nitrogens with one attached hydrogen (secondary N) is 2. The van der Waals surface area contributed by atoms with Crippen molar-refractivity contribution in [1.29, 1.82) is 0 Å². The monoisotopic (exact) mass is 370 g/mol. The van der Waals surface area contributed by atoms with E-state index in [-0.39, 0.29) is 17.9 Å². The molecular formula is C19H22N4O4. The lowest BCUT2D eigenvalue weighted by Crippen LogP contribution is -2.38. The molecular weight excluding hydrogens is 348 g/mol. The summed E-state index contributed by atoms with van der Waals surface area (Å²) < 4.78 is 5.36. The number of ether oxygens (including phenoxy) is 1. The molecule has 0 bridgehead atoms. The van der Waals surface area contributed by atoms with E-state index in [1.165, 1.54) is 6.33 Å². The standard InChI is InChI=1S/C19H22N4O4/c1-27-16-5-3-2-4-14(16)15-10-17(21-11-20-15)23-18(24)12-6-8-13(9-7-12)22-19(25)26/h2-5,10-13,22H,6-9H2,1H3,(H,25,26)(H,20,21,23,24). The molecule has 1 heterocycles. The lowest BCUT2D eigenvalue weighted by molar-refractivity contribution is -0.120. The summed E-state index contributed by atoms with van der Waals surface area (Å²) in [5.41, 5.74) is 1.48. The van der Waals surface area contributed by atoms with Gasteiger partial charge >= 0.3 is 6.09 Å². The summed E-state index contributed by atoms with van der Waals surface area (Å²) >= 11 is 0. The third-order valence-corrected chi connectivity index (χ3v) is 4.73. The maximum atomic E-state index is 12.5. The number of carbonyl (C=O) groups excluding carboxylic acids is 1. The van der Waals surface area contributed by atoms with Crippen LogP contribution in [-0.4, -0.2) is 40.2 Å². The zero-order valence-corrected chi connectivity index (χ0v) is 15.0. The fourth-order valence-corrected chi connectivity index (χ4v) is 3.33. The molecule has 1 aliphatic carbocycles. The van der Waals surface area contributed by atoms with Crippen LogP contribution in [0.1, 0.15) is 25.7 Å². The van der Waals surface area contributed by atoms with Crippen LogP contribution in [0.25, 0.3) is 11.3 Å².